The van der Waals surface area contributed by atoms with Crippen LogP contribution < -0.4 is 0 Å². The van der Waals surface area contributed by atoms with Crippen molar-refractivity contribution < 1.29 is 5.11 Å². The first-order valence-corrected chi connectivity index (χ1v) is 7.09. The minimum atomic E-state index is -0.560. The van der Waals surface area contributed by atoms with Gasteiger partial charge in [0.2, 0.25) is 0 Å². The third-order valence-electron chi connectivity index (χ3n) is 7.02. The first-order valence-electron chi connectivity index (χ1n) is 7.09. The van der Waals surface area contributed by atoms with Crippen LogP contribution in [0.4, 0.5) is 0 Å². The Bertz CT molecular complexity index is 338. The van der Waals surface area contributed by atoms with Crippen LogP contribution in [0.25, 0.3) is 0 Å². The largest absolute Gasteiger partial charge is 0.390 e. The second kappa shape index (κ2) is 6.22. The Morgan fingerprint density at radius 3 is 1.48 bits per heavy atom. The molecule has 2 aliphatic carbocycles. The molecular weight excluding hydrogens is 256 g/mol. The molecule has 2 saturated carbocycles. The number of hydrogen-bond acceptors (Lipinski definition) is 1. The van der Waals surface area contributed by atoms with Crippen LogP contribution in [0, 0.1) is 21.7 Å². The van der Waals surface area contributed by atoms with Crippen LogP contribution >= 0.6 is 0 Å². The van der Waals surface area contributed by atoms with E-state index in [1.54, 1.807) is 0 Å². The maximum absolute atomic E-state index is 10.3. The molecule has 0 spiro atoms. The van der Waals surface area contributed by atoms with Crippen molar-refractivity contribution in [3.8, 4) is 0 Å². The number of hydrogen-bond donors (Lipinski definition) is 1. The summed E-state index contributed by atoms with van der Waals surface area (Å²) < 4.78 is 0. The lowest BCUT2D eigenvalue weighted by molar-refractivity contribution is -0.107. The molecule has 2 rings (SSSR count). The van der Waals surface area contributed by atoms with Crippen LogP contribution in [0.3, 0.4) is 0 Å². The summed E-state index contributed by atoms with van der Waals surface area (Å²) in [4.78, 5) is 0. The summed E-state index contributed by atoms with van der Waals surface area (Å²) in [6, 6.07) is 0. The maximum Gasteiger partial charge on any atom is 0.0597 e. The molecule has 0 aromatic rings. The highest BCUT2D eigenvalue weighted by atomic mass is 16.3. The fraction of sp³-hybridized carbons (Fsp3) is 1.00. The maximum atomic E-state index is 10.3. The Kier molecular flexibility index (Phi) is 7.67. The molecule has 1 nitrogen and oxygen atoms in total. The Morgan fingerprint density at radius 2 is 1.19 bits per heavy atom. The lowest BCUT2D eigenvalue weighted by Gasteiger charge is -2.57. The number of rotatable bonds is 2. The molecule has 0 amide bonds. The zero-order valence-corrected chi connectivity index (χ0v) is 12.8. The molecule has 132 valence electrons. The van der Waals surface area contributed by atoms with Gasteiger partial charge in [-0.25, -0.2) is 0 Å². The molecule has 0 saturated heterocycles. The second-order valence-electron chi connectivity index (χ2n) is 8.74. The van der Waals surface area contributed by atoms with E-state index in [4.69, 9.17) is 0 Å². The molecule has 0 aromatic carbocycles. The molecule has 0 aliphatic heterocycles. The van der Waals surface area contributed by atoms with E-state index in [2.05, 4.69) is 34.6 Å². The van der Waals surface area contributed by atoms with E-state index in [-0.39, 0.29) is 35.1 Å². The van der Waals surface area contributed by atoms with Gasteiger partial charge in [-0.15, -0.1) is 0 Å². The van der Waals surface area contributed by atoms with Crippen LogP contribution in [0.15, 0.2) is 0 Å². The van der Waals surface area contributed by atoms with Crippen molar-refractivity contribution in [2.24, 2.45) is 21.7 Å². The van der Waals surface area contributed by atoms with Gasteiger partial charge < -0.3 is 5.11 Å². The van der Waals surface area contributed by atoms with Crippen LogP contribution in [-0.2, 0) is 0 Å². The van der Waals surface area contributed by atoms with E-state index < -0.39 is 5.60 Å². The predicted octanol–water partition coefficient (Wildman–Crippen LogP) is 6.93. The lowest BCUT2D eigenvalue weighted by atomic mass is 9.48. The van der Waals surface area contributed by atoms with Gasteiger partial charge in [0.25, 0.3) is 0 Å². The molecule has 2 fully saturated rings. The highest BCUT2D eigenvalue weighted by molar-refractivity contribution is 5.20. The first kappa shape index (κ1) is 25.9. The zero-order valence-electron chi connectivity index (χ0n) is 12.8. The molecular formula is C20H46O. The highest BCUT2D eigenvalue weighted by Gasteiger charge is 2.71. The molecule has 2 bridgehead atoms. The second-order valence-corrected chi connectivity index (χ2v) is 8.74. The van der Waals surface area contributed by atoms with Gasteiger partial charge in [0.15, 0.2) is 0 Å². The first-order chi connectivity index (χ1) is 7.37. The summed E-state index contributed by atoms with van der Waals surface area (Å²) in [5.41, 5.74) is 0.862. The van der Waals surface area contributed by atoms with Crippen molar-refractivity contribution in [1.82, 2.24) is 0 Å². The van der Waals surface area contributed by atoms with Gasteiger partial charge in [0.1, 0.15) is 0 Å². The number of fused-ring (bicyclic) bond motifs is 2. The molecule has 0 heterocycles. The van der Waals surface area contributed by atoms with Gasteiger partial charge in [-0.3, -0.25) is 0 Å². The molecule has 3 unspecified atom stereocenters. The summed E-state index contributed by atoms with van der Waals surface area (Å²) in [5.74, 6) is 0. The third kappa shape index (κ3) is 3.05. The fourth-order valence-electron chi connectivity index (χ4n) is 5.31. The SMILES string of the molecule is C.C.C.C.CC(C)(O)CC1(C)C2(C)CCC(C)(C2)C1(C)C. The molecule has 2 aliphatic rings. The Hall–Kier alpha value is -0.0400. The summed E-state index contributed by atoms with van der Waals surface area (Å²) >= 11 is 0. The minimum Gasteiger partial charge on any atom is -0.390 e. The quantitative estimate of drug-likeness (QED) is 0.586. The van der Waals surface area contributed by atoms with E-state index >= 15 is 0 Å². The monoisotopic (exact) mass is 302 g/mol. The van der Waals surface area contributed by atoms with Crippen LogP contribution in [0.2, 0.25) is 0 Å². The number of aliphatic hydroxyl groups is 1. The van der Waals surface area contributed by atoms with Gasteiger partial charge in [0, 0.05) is 0 Å². The molecule has 3 atom stereocenters. The van der Waals surface area contributed by atoms with Gasteiger partial charge >= 0.3 is 0 Å². The molecule has 21 heavy (non-hydrogen) atoms. The van der Waals surface area contributed by atoms with Crippen molar-refractivity contribution in [2.45, 2.75) is 109 Å². The summed E-state index contributed by atoms with van der Waals surface area (Å²) in [6.45, 7) is 16.1. The van der Waals surface area contributed by atoms with Crippen molar-refractivity contribution in [3.05, 3.63) is 0 Å². The summed E-state index contributed by atoms with van der Waals surface area (Å²) in [5, 5.41) is 10.3. The van der Waals surface area contributed by atoms with Crippen LogP contribution in [-0.4, -0.2) is 10.7 Å². The standard InChI is InChI=1S/C16H30O.4CH4/c1-12(2,17)10-16(7)13(3,4)14(5)8-9-15(16,6)11-14;;;;/h17H,8-11H2,1-7H3;4*1H4. The van der Waals surface area contributed by atoms with Gasteiger partial charge in [-0.1, -0.05) is 64.3 Å². The van der Waals surface area contributed by atoms with E-state index in [1.807, 2.05) is 13.8 Å². The molecule has 0 radical (unpaired) electrons. The van der Waals surface area contributed by atoms with E-state index in [0.717, 1.165) is 6.42 Å². The summed E-state index contributed by atoms with van der Waals surface area (Å²) in [7, 11) is 0. The zero-order chi connectivity index (χ0) is 13.3. The smallest absolute Gasteiger partial charge is 0.0597 e. The molecule has 1 N–H and O–H groups in total. The Morgan fingerprint density at radius 1 is 0.810 bits per heavy atom. The third-order valence-corrected chi connectivity index (χ3v) is 7.02. The lowest BCUT2D eigenvalue weighted by Crippen LogP contribution is -2.51. The summed E-state index contributed by atoms with van der Waals surface area (Å²) in [6.07, 6.45) is 4.94. The topological polar surface area (TPSA) is 20.2 Å². The highest BCUT2D eigenvalue weighted by Crippen LogP contribution is 2.79. The van der Waals surface area contributed by atoms with Crippen LogP contribution in [0.5, 0.6) is 0 Å². The van der Waals surface area contributed by atoms with E-state index in [0.29, 0.717) is 16.2 Å². The minimum absolute atomic E-state index is 0. The predicted molar refractivity (Wildman–Crippen MR) is 99.8 cm³/mol. The van der Waals surface area contributed by atoms with Crippen LogP contribution in [0.1, 0.15) is 104 Å². The van der Waals surface area contributed by atoms with E-state index in [1.165, 1.54) is 19.3 Å². The fourth-order valence-corrected chi connectivity index (χ4v) is 5.31. The average molecular weight is 303 g/mol. The molecule has 1 heteroatoms. The molecule has 0 aromatic heterocycles. The van der Waals surface area contributed by atoms with Crippen molar-refractivity contribution in [1.29, 1.82) is 0 Å². The van der Waals surface area contributed by atoms with Crippen molar-refractivity contribution in [2.75, 3.05) is 0 Å². The van der Waals surface area contributed by atoms with Crippen molar-refractivity contribution >= 4 is 0 Å². The van der Waals surface area contributed by atoms with Gasteiger partial charge in [-0.2, -0.15) is 0 Å². The average Bonchev–Trinajstić information content (AvgIpc) is 2.45. The van der Waals surface area contributed by atoms with Gasteiger partial charge in [0.05, 0.1) is 5.60 Å². The van der Waals surface area contributed by atoms with Gasteiger partial charge in [-0.05, 0) is 61.2 Å². The normalized spacial score (nSPS) is 39.4. The van der Waals surface area contributed by atoms with Crippen molar-refractivity contribution in [3.63, 3.8) is 0 Å². The van der Waals surface area contributed by atoms with E-state index in [9.17, 15) is 5.11 Å². The Labute approximate surface area is 136 Å². The Balaban J connectivity index is -0.000000810.